The molecule has 1 saturated heterocycles. The molecular formula is C22H34O6. The number of rotatable bonds is 4. The number of hydrogen-bond donors (Lipinski definition) is 2. The fourth-order valence-electron chi connectivity index (χ4n) is 6.92. The number of carbonyl (C=O) groups is 1. The van der Waals surface area contributed by atoms with Gasteiger partial charge in [0.15, 0.2) is 6.29 Å². The molecule has 2 saturated carbocycles. The molecule has 0 radical (unpaired) electrons. The van der Waals surface area contributed by atoms with Crippen LogP contribution < -0.4 is 0 Å². The number of fused-ring (bicyclic) bond motifs is 6. The van der Waals surface area contributed by atoms with Crippen molar-refractivity contribution >= 4 is 5.97 Å². The van der Waals surface area contributed by atoms with Gasteiger partial charge in [0.1, 0.15) is 0 Å². The second-order valence-corrected chi connectivity index (χ2v) is 9.77. The smallest absolute Gasteiger partial charge is 0.313 e. The van der Waals surface area contributed by atoms with E-state index >= 15 is 0 Å². The molecule has 3 fully saturated rings. The lowest BCUT2D eigenvalue weighted by Crippen LogP contribution is -2.52. The third kappa shape index (κ3) is 2.51. The van der Waals surface area contributed by atoms with Crippen LogP contribution in [0, 0.1) is 28.6 Å². The van der Waals surface area contributed by atoms with Gasteiger partial charge in [-0.05, 0) is 49.5 Å². The molecule has 2 N–H and O–H groups in total. The Labute approximate surface area is 167 Å². The number of ether oxygens (including phenoxy) is 3. The van der Waals surface area contributed by atoms with Crippen LogP contribution in [0.5, 0.6) is 0 Å². The summed E-state index contributed by atoms with van der Waals surface area (Å²) in [4.78, 5) is 12.5. The van der Waals surface area contributed by atoms with Gasteiger partial charge < -0.3 is 24.4 Å². The van der Waals surface area contributed by atoms with Crippen LogP contribution in [0.2, 0.25) is 0 Å². The molecule has 0 amide bonds. The Bertz CT molecular complexity index is 687. The minimum absolute atomic E-state index is 0.0577. The number of aliphatic hydroxyl groups excluding tert-OH is 1. The second-order valence-electron chi connectivity index (χ2n) is 9.77. The molecule has 28 heavy (non-hydrogen) atoms. The van der Waals surface area contributed by atoms with Crippen molar-refractivity contribution < 1.29 is 29.2 Å². The molecule has 1 heterocycles. The predicted octanol–water partition coefficient (Wildman–Crippen LogP) is 2.99. The van der Waals surface area contributed by atoms with E-state index in [1.165, 1.54) is 5.57 Å². The molecule has 0 aromatic rings. The molecule has 2 bridgehead atoms. The van der Waals surface area contributed by atoms with Crippen LogP contribution in [0.1, 0.15) is 52.9 Å². The monoisotopic (exact) mass is 394 g/mol. The number of allylic oxidation sites excluding steroid dienone is 1. The van der Waals surface area contributed by atoms with Gasteiger partial charge in [0.05, 0.1) is 29.6 Å². The molecule has 0 spiro atoms. The maximum Gasteiger partial charge on any atom is 0.313 e. The van der Waals surface area contributed by atoms with Crippen molar-refractivity contribution in [3.63, 3.8) is 0 Å². The van der Waals surface area contributed by atoms with Gasteiger partial charge in [-0.3, -0.25) is 4.79 Å². The lowest BCUT2D eigenvalue weighted by molar-refractivity contribution is -0.184. The second kappa shape index (κ2) is 6.79. The molecule has 8 atom stereocenters. The quantitative estimate of drug-likeness (QED) is 0.713. The van der Waals surface area contributed by atoms with E-state index in [9.17, 15) is 15.0 Å². The molecule has 4 rings (SSSR count). The van der Waals surface area contributed by atoms with Crippen molar-refractivity contribution in [1.82, 2.24) is 0 Å². The number of methoxy groups -OCH3 is 2. The third-order valence-corrected chi connectivity index (χ3v) is 8.44. The zero-order valence-electron chi connectivity index (χ0n) is 17.6. The molecule has 0 aromatic heterocycles. The van der Waals surface area contributed by atoms with E-state index in [1.807, 2.05) is 0 Å². The number of aliphatic carboxylic acids is 1. The summed E-state index contributed by atoms with van der Waals surface area (Å²) >= 11 is 0. The van der Waals surface area contributed by atoms with Crippen LogP contribution in [0.25, 0.3) is 0 Å². The Morgan fingerprint density at radius 1 is 1.21 bits per heavy atom. The average Bonchev–Trinajstić information content (AvgIpc) is 3.17. The van der Waals surface area contributed by atoms with E-state index in [1.54, 1.807) is 14.2 Å². The van der Waals surface area contributed by atoms with E-state index in [0.717, 1.165) is 18.4 Å². The molecule has 0 unspecified atom stereocenters. The Morgan fingerprint density at radius 3 is 2.50 bits per heavy atom. The van der Waals surface area contributed by atoms with Crippen LogP contribution in [-0.2, 0) is 19.0 Å². The summed E-state index contributed by atoms with van der Waals surface area (Å²) in [6, 6.07) is 0. The zero-order chi connectivity index (χ0) is 20.4. The van der Waals surface area contributed by atoms with Crippen LogP contribution in [-0.4, -0.2) is 55.0 Å². The van der Waals surface area contributed by atoms with Gasteiger partial charge in [-0.15, -0.1) is 0 Å². The lowest BCUT2D eigenvalue weighted by Gasteiger charge is -2.52. The van der Waals surface area contributed by atoms with Gasteiger partial charge in [0.2, 0.25) is 0 Å². The molecule has 3 aliphatic carbocycles. The van der Waals surface area contributed by atoms with E-state index < -0.39 is 17.7 Å². The molecule has 4 aliphatic rings. The summed E-state index contributed by atoms with van der Waals surface area (Å²) in [5.41, 5.74) is 1.39. The fraction of sp³-hybridized carbons (Fsp3) is 0.864. The van der Waals surface area contributed by atoms with Crippen LogP contribution in [0.4, 0.5) is 0 Å². The van der Waals surface area contributed by atoms with Crippen molar-refractivity contribution in [2.24, 2.45) is 28.6 Å². The predicted molar refractivity (Wildman–Crippen MR) is 103 cm³/mol. The van der Waals surface area contributed by atoms with Crippen molar-refractivity contribution in [1.29, 1.82) is 0 Å². The topological polar surface area (TPSA) is 85.2 Å². The first-order chi connectivity index (χ1) is 13.2. The molecule has 6 nitrogen and oxygen atoms in total. The maximum absolute atomic E-state index is 12.5. The van der Waals surface area contributed by atoms with Crippen molar-refractivity contribution in [3.8, 4) is 0 Å². The van der Waals surface area contributed by atoms with Gasteiger partial charge in [0, 0.05) is 19.6 Å². The normalized spacial score (nSPS) is 47.8. The molecule has 1 aliphatic heterocycles. The summed E-state index contributed by atoms with van der Waals surface area (Å²) in [5.74, 6) is -0.564. The van der Waals surface area contributed by atoms with Gasteiger partial charge in [0.25, 0.3) is 0 Å². The highest BCUT2D eigenvalue weighted by Crippen LogP contribution is 2.65. The Balaban J connectivity index is 1.89. The number of aliphatic hydroxyl groups is 1. The number of carboxylic acid groups (broad SMARTS) is 1. The Kier molecular flexibility index (Phi) is 4.93. The van der Waals surface area contributed by atoms with E-state index in [2.05, 4.69) is 20.8 Å². The highest BCUT2D eigenvalue weighted by molar-refractivity contribution is 5.81. The first-order valence-corrected chi connectivity index (χ1v) is 10.6. The fourth-order valence-corrected chi connectivity index (χ4v) is 6.92. The summed E-state index contributed by atoms with van der Waals surface area (Å²) in [5, 5.41) is 20.9. The number of carboxylic acids is 1. The summed E-state index contributed by atoms with van der Waals surface area (Å²) in [7, 11) is 3.33. The van der Waals surface area contributed by atoms with E-state index in [0.29, 0.717) is 25.2 Å². The molecular weight excluding hydrogens is 360 g/mol. The van der Waals surface area contributed by atoms with E-state index in [-0.39, 0.29) is 35.6 Å². The minimum Gasteiger partial charge on any atom is -0.481 e. The third-order valence-electron chi connectivity index (χ3n) is 8.44. The maximum atomic E-state index is 12.5. The number of hydrogen-bond acceptors (Lipinski definition) is 5. The van der Waals surface area contributed by atoms with Crippen LogP contribution in [0.15, 0.2) is 11.1 Å². The molecule has 6 heteroatoms. The van der Waals surface area contributed by atoms with Gasteiger partial charge in [-0.2, -0.15) is 0 Å². The first kappa shape index (κ1) is 20.3. The summed E-state index contributed by atoms with van der Waals surface area (Å²) in [6.07, 6.45) is 1.96. The minimum atomic E-state index is -0.911. The standard InChI is InChI=1S/C22H34O6/c1-11(2)12-6-7-22(20(24)25)9-8-21(3)13(16(12)22)10-14(26-4)15-17(27-5)18(21)28-19(15)23/h11,13-15,17-19,23H,6-10H2,1-5H3,(H,24,25)/t13-,14+,15-,17+,18-,19+,21-,22+/m1/s1. The highest BCUT2D eigenvalue weighted by atomic mass is 16.6. The van der Waals surface area contributed by atoms with Gasteiger partial charge >= 0.3 is 5.97 Å². The SMILES string of the molecule is CO[C@H]1[C@H]2[C@@H](OC)C[C@@H]3C4=C(C(C)C)CC[C@]4(C(=O)O)CC[C@@]3(C)[C@@H]1O[C@@H]2O. The largest absolute Gasteiger partial charge is 0.481 e. The Hall–Kier alpha value is -0.950. The van der Waals surface area contributed by atoms with E-state index in [4.69, 9.17) is 14.2 Å². The first-order valence-electron chi connectivity index (χ1n) is 10.6. The van der Waals surface area contributed by atoms with Crippen molar-refractivity contribution in [2.75, 3.05) is 14.2 Å². The van der Waals surface area contributed by atoms with Gasteiger partial charge in [-0.1, -0.05) is 26.3 Å². The van der Waals surface area contributed by atoms with Gasteiger partial charge in [-0.25, -0.2) is 0 Å². The Morgan fingerprint density at radius 2 is 1.93 bits per heavy atom. The molecule has 0 aromatic carbocycles. The van der Waals surface area contributed by atoms with Crippen molar-refractivity contribution in [2.45, 2.75) is 77.5 Å². The highest BCUT2D eigenvalue weighted by Gasteiger charge is 2.66. The van der Waals surface area contributed by atoms with Crippen LogP contribution >= 0.6 is 0 Å². The average molecular weight is 395 g/mol. The van der Waals surface area contributed by atoms with Crippen molar-refractivity contribution in [3.05, 3.63) is 11.1 Å². The lowest BCUT2D eigenvalue weighted by atomic mass is 9.53. The van der Waals surface area contributed by atoms with Crippen LogP contribution in [0.3, 0.4) is 0 Å². The summed E-state index contributed by atoms with van der Waals surface area (Å²) < 4.78 is 17.8. The molecule has 158 valence electrons. The summed E-state index contributed by atoms with van der Waals surface area (Å²) in [6.45, 7) is 6.54. The zero-order valence-corrected chi connectivity index (χ0v) is 17.6.